The van der Waals surface area contributed by atoms with Crippen LogP contribution in [0, 0.1) is 12.8 Å². The maximum Gasteiger partial charge on any atom is 0.573 e. The molecule has 0 spiro atoms. The highest BCUT2D eigenvalue weighted by molar-refractivity contribution is 7.98. The molecule has 13 heteroatoms. The molecule has 5 rings (SSSR count). The van der Waals surface area contributed by atoms with Crippen molar-refractivity contribution in [3.05, 3.63) is 92.9 Å². The average Bonchev–Trinajstić information content (AvgIpc) is 3.02. The van der Waals surface area contributed by atoms with Crippen molar-refractivity contribution in [2.75, 3.05) is 18.2 Å². The fourth-order valence-corrected chi connectivity index (χ4v) is 6.07. The van der Waals surface area contributed by atoms with Crippen molar-refractivity contribution in [2.45, 2.75) is 43.1 Å². The predicted octanol–water partition coefficient (Wildman–Crippen LogP) is 6.00. The van der Waals surface area contributed by atoms with Crippen LogP contribution in [-0.4, -0.2) is 41.2 Å². The van der Waals surface area contributed by atoms with Crippen LogP contribution in [0.4, 0.5) is 26.3 Å². The van der Waals surface area contributed by atoms with Gasteiger partial charge in [-0.2, -0.15) is 13.2 Å². The lowest BCUT2D eigenvalue weighted by molar-refractivity contribution is -0.274. The maximum absolute atomic E-state index is 13.5. The number of rotatable bonds is 4. The van der Waals surface area contributed by atoms with Crippen LogP contribution >= 0.6 is 11.8 Å². The Labute approximate surface area is 229 Å². The average molecular weight is 584 g/mol. The van der Waals surface area contributed by atoms with Crippen LogP contribution in [0.3, 0.4) is 0 Å². The summed E-state index contributed by atoms with van der Waals surface area (Å²) in [6.45, 7) is 1.51. The molecule has 2 aromatic carbocycles. The monoisotopic (exact) mass is 583 g/mol. The minimum absolute atomic E-state index is 0.0684. The molecule has 3 aromatic rings. The van der Waals surface area contributed by atoms with Gasteiger partial charge >= 0.3 is 12.5 Å². The first-order chi connectivity index (χ1) is 18.7. The SMILES string of the molecule is Cc1c2n(ccc1=O)N([C@@H]1c3ccc(OC(F)(F)F)cc3CSc3ccccc31)CN(C[C@H](C)C(F)(F)F)C2=O. The highest BCUT2D eigenvalue weighted by atomic mass is 32.2. The quantitative estimate of drug-likeness (QED) is 0.353. The zero-order chi connectivity index (χ0) is 29.0. The summed E-state index contributed by atoms with van der Waals surface area (Å²) in [5.74, 6) is -2.65. The number of aromatic nitrogens is 1. The van der Waals surface area contributed by atoms with E-state index in [-0.39, 0.29) is 17.9 Å². The topological polar surface area (TPSA) is 54.8 Å². The normalized spacial score (nSPS) is 18.0. The zero-order valence-electron chi connectivity index (χ0n) is 21.2. The smallest absolute Gasteiger partial charge is 0.406 e. The van der Waals surface area contributed by atoms with E-state index >= 15 is 0 Å². The summed E-state index contributed by atoms with van der Waals surface area (Å²) in [6.07, 6.45) is -8.05. The Morgan fingerprint density at radius 1 is 1.02 bits per heavy atom. The summed E-state index contributed by atoms with van der Waals surface area (Å²) in [6, 6.07) is 11.8. The van der Waals surface area contributed by atoms with E-state index in [1.165, 1.54) is 53.8 Å². The number of hydrogen-bond acceptors (Lipinski definition) is 5. The zero-order valence-corrected chi connectivity index (χ0v) is 22.0. The molecule has 212 valence electrons. The van der Waals surface area contributed by atoms with Gasteiger partial charge < -0.3 is 9.64 Å². The molecule has 0 saturated heterocycles. The lowest BCUT2D eigenvalue weighted by Crippen LogP contribution is -2.57. The summed E-state index contributed by atoms with van der Waals surface area (Å²) < 4.78 is 85.0. The summed E-state index contributed by atoms with van der Waals surface area (Å²) >= 11 is 1.40. The van der Waals surface area contributed by atoms with Gasteiger partial charge in [-0.3, -0.25) is 19.3 Å². The number of thioether (sulfide) groups is 1. The van der Waals surface area contributed by atoms with Crippen molar-refractivity contribution in [2.24, 2.45) is 5.92 Å². The summed E-state index contributed by atoms with van der Waals surface area (Å²) in [5, 5.41) is 1.67. The van der Waals surface area contributed by atoms with Gasteiger partial charge in [0.2, 0.25) is 0 Å². The number of halogens is 6. The van der Waals surface area contributed by atoms with E-state index < -0.39 is 48.1 Å². The maximum atomic E-state index is 13.5. The Kier molecular flexibility index (Phi) is 7.05. The molecular formula is C27H23F6N3O3S. The molecule has 40 heavy (non-hydrogen) atoms. The fraction of sp³-hybridized carbons (Fsp3) is 0.333. The predicted molar refractivity (Wildman–Crippen MR) is 136 cm³/mol. The second kappa shape index (κ2) is 10.1. The van der Waals surface area contributed by atoms with Gasteiger partial charge in [-0.25, -0.2) is 0 Å². The highest BCUT2D eigenvalue weighted by Gasteiger charge is 2.42. The number of amides is 1. The van der Waals surface area contributed by atoms with E-state index in [9.17, 15) is 35.9 Å². The van der Waals surface area contributed by atoms with Crippen molar-refractivity contribution >= 4 is 17.7 Å². The Bertz CT molecular complexity index is 1520. The van der Waals surface area contributed by atoms with Crippen LogP contribution in [0.25, 0.3) is 0 Å². The molecule has 1 amide bonds. The third-order valence-electron chi connectivity index (χ3n) is 6.99. The van der Waals surface area contributed by atoms with Crippen molar-refractivity contribution in [3.63, 3.8) is 0 Å². The lowest BCUT2D eigenvalue weighted by Gasteiger charge is -2.45. The Morgan fingerprint density at radius 3 is 2.45 bits per heavy atom. The van der Waals surface area contributed by atoms with Crippen LogP contribution in [0.5, 0.6) is 5.75 Å². The molecular weight excluding hydrogens is 560 g/mol. The van der Waals surface area contributed by atoms with Crippen molar-refractivity contribution in [1.82, 2.24) is 9.58 Å². The Morgan fingerprint density at radius 2 is 1.75 bits per heavy atom. The molecule has 0 fully saturated rings. The van der Waals surface area contributed by atoms with E-state index in [0.717, 1.165) is 22.3 Å². The van der Waals surface area contributed by atoms with E-state index in [2.05, 4.69) is 4.74 Å². The molecule has 0 aliphatic carbocycles. The van der Waals surface area contributed by atoms with E-state index in [4.69, 9.17) is 0 Å². The van der Waals surface area contributed by atoms with Gasteiger partial charge in [0.05, 0.1) is 12.0 Å². The van der Waals surface area contributed by atoms with E-state index in [1.807, 2.05) is 18.2 Å². The first-order valence-electron chi connectivity index (χ1n) is 12.2. The number of ether oxygens (including phenoxy) is 1. The first-order valence-corrected chi connectivity index (χ1v) is 13.2. The lowest BCUT2D eigenvalue weighted by atomic mass is 9.94. The van der Waals surface area contributed by atoms with Gasteiger partial charge in [0.1, 0.15) is 18.1 Å². The minimum Gasteiger partial charge on any atom is -0.406 e. The molecule has 0 unspecified atom stereocenters. The largest absolute Gasteiger partial charge is 0.573 e. The molecule has 6 nitrogen and oxygen atoms in total. The van der Waals surface area contributed by atoms with Crippen molar-refractivity contribution in [3.8, 4) is 5.75 Å². The standard InChI is InChI=1S/C27H23F6N3O3S/c1-15(26(28,29)30)12-34-14-36(35-10-9-21(37)16(2)23(35)25(34)38)24-19-8-7-18(39-27(31,32)33)11-17(19)13-40-22-6-4-3-5-20(22)24/h3-11,15,24H,12-14H2,1-2H3/t15-,24+/m0/s1. The second-order valence-corrected chi connectivity index (χ2v) is 10.7. The Balaban J connectivity index is 1.69. The van der Waals surface area contributed by atoms with E-state index in [0.29, 0.717) is 16.9 Å². The fourth-order valence-electron chi connectivity index (χ4n) is 4.99. The molecule has 2 aliphatic rings. The molecule has 0 N–H and O–H groups in total. The van der Waals surface area contributed by atoms with Crippen molar-refractivity contribution < 1.29 is 35.9 Å². The third kappa shape index (κ3) is 5.26. The molecule has 0 radical (unpaired) electrons. The molecule has 2 aliphatic heterocycles. The van der Waals surface area contributed by atoms with Crippen LogP contribution in [0.15, 0.2) is 64.4 Å². The van der Waals surface area contributed by atoms with Gasteiger partial charge in [0.25, 0.3) is 5.91 Å². The number of benzene rings is 2. The van der Waals surface area contributed by atoms with Gasteiger partial charge in [0.15, 0.2) is 5.43 Å². The first kappa shape index (κ1) is 27.9. The Hall–Kier alpha value is -3.61. The molecule has 3 heterocycles. The number of fused-ring (bicyclic) bond motifs is 3. The van der Waals surface area contributed by atoms with Gasteiger partial charge in [-0.15, -0.1) is 24.9 Å². The summed E-state index contributed by atoms with van der Waals surface area (Å²) in [5.41, 5.74) is 1.42. The van der Waals surface area contributed by atoms with Gasteiger partial charge in [-0.1, -0.05) is 31.2 Å². The third-order valence-corrected chi connectivity index (χ3v) is 8.13. The molecule has 2 atom stereocenters. The molecule has 0 saturated carbocycles. The highest BCUT2D eigenvalue weighted by Crippen LogP contribution is 2.44. The number of carbonyl (C=O) groups is 1. The van der Waals surface area contributed by atoms with E-state index in [1.54, 1.807) is 11.1 Å². The summed E-state index contributed by atoms with van der Waals surface area (Å²) in [7, 11) is 0. The van der Waals surface area contributed by atoms with Crippen LogP contribution < -0.4 is 15.2 Å². The van der Waals surface area contributed by atoms with Gasteiger partial charge in [-0.05, 0) is 41.8 Å². The van der Waals surface area contributed by atoms with Gasteiger partial charge in [0, 0.05) is 35.0 Å². The number of pyridine rings is 1. The number of hydrogen-bond donors (Lipinski definition) is 0. The van der Waals surface area contributed by atoms with Crippen LogP contribution in [0.2, 0.25) is 0 Å². The summed E-state index contributed by atoms with van der Waals surface area (Å²) in [4.78, 5) is 27.9. The molecule has 1 aromatic heterocycles. The number of nitrogens with zero attached hydrogens (tertiary/aromatic N) is 3. The van der Waals surface area contributed by atoms with Crippen molar-refractivity contribution in [1.29, 1.82) is 0 Å². The van der Waals surface area contributed by atoms with Crippen LogP contribution in [0.1, 0.15) is 45.7 Å². The second-order valence-electron chi connectivity index (χ2n) is 9.69. The molecule has 0 bridgehead atoms. The number of carbonyl (C=O) groups excluding carboxylic acids is 1. The van der Waals surface area contributed by atoms with Crippen LogP contribution in [-0.2, 0) is 5.75 Å². The number of alkyl halides is 6. The minimum atomic E-state index is -4.89.